The minimum absolute atomic E-state index is 0. The van der Waals surface area contributed by atoms with Crippen LogP contribution in [0.15, 0.2) is 534 Å². The fourth-order valence-corrected chi connectivity index (χ4v) is 19.0. The molecule has 0 aliphatic carbocycles. The van der Waals surface area contributed by atoms with Gasteiger partial charge in [0.25, 0.3) is 0 Å². The first-order valence-electron chi connectivity index (χ1n) is 46.8. The van der Waals surface area contributed by atoms with Crippen molar-refractivity contribution in [3.63, 3.8) is 0 Å². The standard InChI is InChI=1S/C48H37NO4.C48H33NO2.C25H21NO4.C6H5.CO2.B.Li/c50-47(36-20-6-1-7-21-36,37-22-8-2-9-23-37)41-30-16-18-32-43(41)52-45-34-49(40-28-14-5-15-29-40)35-46(45)53-44-33-19-17-31-42(44)48(51,38-24-10-3-11-25-38)39-26-12-4-13-27-39;1-6-20-34(21-7-1)47(35-22-8-2-9-23-35)39-30-16-18-32-41(39)50-43-44-46(49(45(43)47)38-28-14-5-15-29-38)48(36-24-10-3-11-25-36,37-26-12-4-13-27-37)40-31-17-19-33-42(40)51-44;1-18-10-6-8-14-21(18)29-23-16-26(19-11-4-3-5-12-19)17-24(23)30-22-15-9-7-13-20(22)25(27)28-2;1-2-4-6-5-3-1;2-1-3;;/h1-35,50-51H;1-33H;3-17H,1-2H3;1-5H;;;/q;;;-1;;;+1. The molecule has 3 aromatic heterocycles. The number of aromatic nitrogens is 3. The minimum Gasteiger partial charge on any atom is -0.465 e. The Morgan fingerprint density at radius 1 is 0.310 bits per heavy atom. The van der Waals surface area contributed by atoms with Crippen LogP contribution in [0.5, 0.6) is 69.0 Å². The summed E-state index contributed by atoms with van der Waals surface area (Å²) in [4.78, 5) is 28.4. The number of methoxy groups -OCH3 is 1. The molecule has 145 heavy (non-hydrogen) atoms. The first-order valence-corrected chi connectivity index (χ1v) is 46.8. The maximum atomic E-state index is 12.8. The number of para-hydroxylation sites is 9. The Morgan fingerprint density at radius 3 is 0.897 bits per heavy atom. The van der Waals surface area contributed by atoms with Gasteiger partial charge in [0.05, 0.1) is 54.1 Å². The monoisotopic (exact) mass is 1880 g/mol. The number of benzene rings is 18. The van der Waals surface area contributed by atoms with E-state index in [9.17, 15) is 15.0 Å². The summed E-state index contributed by atoms with van der Waals surface area (Å²) in [5.74, 6) is 6.46. The molecule has 0 bridgehead atoms. The van der Waals surface area contributed by atoms with Crippen LogP contribution >= 0.6 is 0 Å². The summed E-state index contributed by atoms with van der Waals surface area (Å²) in [5.41, 5.74) is 12.3. The van der Waals surface area contributed by atoms with Crippen molar-refractivity contribution in [2.24, 2.45) is 0 Å². The van der Waals surface area contributed by atoms with Gasteiger partial charge < -0.3 is 57.1 Å². The van der Waals surface area contributed by atoms with E-state index in [1.54, 1.807) is 24.3 Å². The normalized spacial score (nSPS) is 11.9. The van der Waals surface area contributed by atoms with Crippen LogP contribution < -0.4 is 47.3 Å². The van der Waals surface area contributed by atoms with Crippen LogP contribution in [0.2, 0.25) is 0 Å². The van der Waals surface area contributed by atoms with E-state index in [0.29, 0.717) is 90.7 Å². The molecule has 699 valence electrons. The second-order valence-corrected chi connectivity index (χ2v) is 33.8. The van der Waals surface area contributed by atoms with Gasteiger partial charge in [-0.15, -0.1) is 0 Å². The van der Waals surface area contributed by atoms with Crippen LogP contribution in [0.1, 0.15) is 94.1 Å². The number of carbonyl (C=O) groups is 1. The summed E-state index contributed by atoms with van der Waals surface area (Å²) in [6.07, 6.45) is 7.68. The first kappa shape index (κ1) is 98.6. The van der Waals surface area contributed by atoms with Crippen LogP contribution in [-0.4, -0.2) is 51.6 Å². The molecule has 3 radical (unpaired) electrons. The Kier molecular flexibility index (Phi) is 31.0. The number of hydrogen-bond donors (Lipinski definition) is 2. The minimum atomic E-state index is -1.53. The number of rotatable bonds is 22. The first-order chi connectivity index (χ1) is 70.4. The van der Waals surface area contributed by atoms with Gasteiger partial charge in [-0.25, -0.2) is 4.79 Å². The molecule has 0 amide bonds. The number of nitrogens with zero attached hydrogens (tertiary/aromatic N) is 3. The molecule has 0 spiro atoms. The Morgan fingerprint density at radius 2 is 0.572 bits per heavy atom. The van der Waals surface area contributed by atoms with Gasteiger partial charge in [-0.3, -0.25) is 0 Å². The number of fused-ring (bicyclic) bond motifs is 5. The Labute approximate surface area is 856 Å². The van der Waals surface area contributed by atoms with E-state index in [4.69, 9.17) is 42.7 Å². The number of ether oxygens (including phenoxy) is 7. The fraction of sp³-hybridized carbons (Fsp3) is 0.0469. The van der Waals surface area contributed by atoms with E-state index in [1.165, 1.54) is 7.11 Å². The van der Waals surface area contributed by atoms with Crippen molar-refractivity contribution in [3.05, 3.63) is 630 Å². The van der Waals surface area contributed by atoms with Crippen LogP contribution in [0, 0.1) is 13.0 Å². The van der Waals surface area contributed by atoms with Crippen molar-refractivity contribution >= 4 is 20.5 Å². The largest absolute Gasteiger partial charge is 1.00 e. The molecular formula is C128H96BLiN3O12. The molecule has 0 saturated carbocycles. The van der Waals surface area contributed by atoms with Crippen molar-refractivity contribution < 1.29 is 76.6 Å². The maximum Gasteiger partial charge on any atom is 1.00 e. The second kappa shape index (κ2) is 45.5. The summed E-state index contributed by atoms with van der Waals surface area (Å²) in [7, 11) is 1.34. The van der Waals surface area contributed by atoms with Gasteiger partial charge in [-0.05, 0) is 136 Å². The molecule has 2 N–H and O–H groups in total. The molecule has 2 aliphatic rings. The van der Waals surface area contributed by atoms with E-state index in [-0.39, 0.29) is 33.4 Å². The van der Waals surface area contributed by atoms with E-state index in [2.05, 4.69) is 211 Å². The maximum absolute atomic E-state index is 12.8. The summed E-state index contributed by atoms with van der Waals surface area (Å²) in [6, 6.07) is 172. The number of aryl methyl sites for hydroxylation is 1. The zero-order chi connectivity index (χ0) is 97.8. The second-order valence-electron chi connectivity index (χ2n) is 33.8. The average Bonchev–Trinajstić information content (AvgIpc) is 1.50. The summed E-state index contributed by atoms with van der Waals surface area (Å²) in [5, 5.41) is 25.5. The summed E-state index contributed by atoms with van der Waals surface area (Å²) < 4.78 is 51.6. The number of aliphatic hydroxyl groups is 2. The molecule has 23 rings (SSSR count). The molecule has 15 nitrogen and oxygen atoms in total. The van der Waals surface area contributed by atoms with Gasteiger partial charge in [0.2, 0.25) is 0 Å². The number of carbonyl (C=O) groups excluding carboxylic acids is 3. The van der Waals surface area contributed by atoms with Crippen molar-refractivity contribution in [2.45, 2.75) is 29.0 Å². The molecule has 2 aliphatic heterocycles. The topological polar surface area (TPSA) is 171 Å². The van der Waals surface area contributed by atoms with Gasteiger partial charge in [-0.2, -0.15) is 46.0 Å². The van der Waals surface area contributed by atoms with E-state index >= 15 is 0 Å². The van der Waals surface area contributed by atoms with Crippen LogP contribution in [0.25, 0.3) is 17.1 Å². The van der Waals surface area contributed by atoms with Gasteiger partial charge in [0.1, 0.15) is 51.3 Å². The zero-order valence-electron chi connectivity index (χ0n) is 79.7. The van der Waals surface area contributed by atoms with Crippen molar-refractivity contribution in [2.75, 3.05) is 7.11 Å². The van der Waals surface area contributed by atoms with E-state index < -0.39 is 28.0 Å². The van der Waals surface area contributed by atoms with Crippen LogP contribution in [0.3, 0.4) is 0 Å². The Bertz CT molecular complexity index is 7390. The fourth-order valence-electron chi connectivity index (χ4n) is 19.0. The number of esters is 1. The molecule has 18 aromatic carbocycles. The molecule has 0 saturated heterocycles. The van der Waals surface area contributed by atoms with Crippen molar-refractivity contribution in [1.82, 2.24) is 13.7 Å². The third kappa shape index (κ3) is 19.9. The molecule has 21 aromatic rings. The van der Waals surface area contributed by atoms with Gasteiger partial charge in [0, 0.05) is 47.7 Å². The summed E-state index contributed by atoms with van der Waals surface area (Å²) in [6.45, 7) is 1.98. The molecule has 0 fully saturated rings. The number of hydrogen-bond acceptors (Lipinski definition) is 12. The average molecular weight is 1890 g/mol. The predicted octanol–water partition coefficient (Wildman–Crippen LogP) is 25.8. The third-order valence-electron chi connectivity index (χ3n) is 25.5. The molecule has 0 unspecified atom stereocenters. The predicted molar refractivity (Wildman–Crippen MR) is 562 cm³/mol. The van der Waals surface area contributed by atoms with E-state index in [1.807, 2.05) is 326 Å². The third-order valence-corrected chi connectivity index (χ3v) is 25.5. The Balaban J connectivity index is 0.000000146. The smallest absolute Gasteiger partial charge is 0.465 e. The van der Waals surface area contributed by atoms with Crippen LogP contribution in [0.4, 0.5) is 0 Å². The Hall–Kier alpha value is -18.0. The van der Waals surface area contributed by atoms with Gasteiger partial charge in [-0.1, -0.05) is 400 Å². The van der Waals surface area contributed by atoms with Crippen molar-refractivity contribution in [1.29, 1.82) is 0 Å². The molecule has 17 heteroatoms. The summed E-state index contributed by atoms with van der Waals surface area (Å²) >= 11 is 0. The van der Waals surface area contributed by atoms with Crippen LogP contribution in [-0.2, 0) is 36.4 Å². The van der Waals surface area contributed by atoms with Crippen molar-refractivity contribution in [3.8, 4) is 86.1 Å². The van der Waals surface area contributed by atoms with Gasteiger partial charge in [0.15, 0.2) is 34.5 Å². The molecular weight excluding hydrogens is 1790 g/mol. The molecule has 0 atom stereocenters. The quantitative estimate of drug-likeness (QED) is 0.0285. The SMILES string of the molecule is COC(=O)c1ccccc1Oc1cn(-c2ccccc2)cc1Oc1ccccc1C.O=C=O.OC(c1ccccc1)(c1ccccc1)c1ccccc1Oc1cn(-c2ccccc2)cc1Oc1ccccc1C(O)(c1ccccc1)c1ccccc1.[B].[Li+].[c-]1ccccc1.c1ccc(-n2c3c(c4c2C(c2ccccc2)(c2ccccc2)c2ccccc2O4)Oc2ccccc2C3(c2ccccc2)c2ccccc2)cc1. The van der Waals surface area contributed by atoms with E-state index in [0.717, 1.165) is 84.6 Å². The molecule has 5 heterocycles. The zero-order valence-corrected chi connectivity index (χ0v) is 79.7. The van der Waals surface area contributed by atoms with Gasteiger partial charge >= 0.3 is 31.0 Å².